The molecule has 1 saturated heterocycles. The number of thioether (sulfide) groups is 1. The van der Waals surface area contributed by atoms with Crippen LogP contribution >= 0.6 is 11.8 Å². The first-order chi connectivity index (χ1) is 9.74. The highest BCUT2D eigenvalue weighted by Crippen LogP contribution is 2.33. The van der Waals surface area contributed by atoms with E-state index in [1.165, 1.54) is 5.56 Å². The number of nitrogens with zero attached hydrogens (tertiary/aromatic N) is 1. The second-order valence-corrected chi connectivity index (χ2v) is 7.03. The number of carbonyl (C=O) groups is 1. The van der Waals surface area contributed by atoms with Crippen LogP contribution in [0.2, 0.25) is 0 Å². The molecule has 2 atom stereocenters. The molecule has 1 N–H and O–H groups in total. The molecule has 20 heavy (non-hydrogen) atoms. The van der Waals surface area contributed by atoms with Crippen LogP contribution in [0.25, 0.3) is 0 Å². The van der Waals surface area contributed by atoms with Gasteiger partial charge in [-0.3, -0.25) is 9.69 Å². The van der Waals surface area contributed by atoms with Gasteiger partial charge in [0.05, 0.1) is 6.04 Å². The van der Waals surface area contributed by atoms with Gasteiger partial charge in [0.25, 0.3) is 0 Å². The van der Waals surface area contributed by atoms with Crippen LogP contribution in [0.5, 0.6) is 0 Å². The molecule has 1 heterocycles. The molecule has 108 valence electrons. The van der Waals surface area contributed by atoms with Crippen LogP contribution in [0.3, 0.4) is 0 Å². The van der Waals surface area contributed by atoms with Gasteiger partial charge in [0.1, 0.15) is 0 Å². The van der Waals surface area contributed by atoms with Crippen LogP contribution in [0.1, 0.15) is 30.6 Å². The number of hydrogen-bond acceptors (Lipinski definition) is 3. The van der Waals surface area contributed by atoms with Crippen molar-refractivity contribution in [1.29, 1.82) is 0 Å². The van der Waals surface area contributed by atoms with Crippen molar-refractivity contribution >= 4 is 17.7 Å². The monoisotopic (exact) mass is 290 g/mol. The van der Waals surface area contributed by atoms with Gasteiger partial charge in [0.2, 0.25) is 5.91 Å². The summed E-state index contributed by atoms with van der Waals surface area (Å²) in [6.07, 6.45) is 2.31. The SMILES string of the molecule is C[C@H](C(=O)NC1CC1)N1CCS[C@H](c2ccccc2)C1. The number of carbonyl (C=O) groups excluding carboxylic acids is 1. The summed E-state index contributed by atoms with van der Waals surface area (Å²) < 4.78 is 0. The van der Waals surface area contributed by atoms with E-state index < -0.39 is 0 Å². The summed E-state index contributed by atoms with van der Waals surface area (Å²) in [5.41, 5.74) is 1.37. The van der Waals surface area contributed by atoms with Gasteiger partial charge < -0.3 is 5.32 Å². The molecule has 0 aromatic heterocycles. The van der Waals surface area contributed by atoms with Gasteiger partial charge in [-0.05, 0) is 25.3 Å². The van der Waals surface area contributed by atoms with E-state index in [4.69, 9.17) is 0 Å². The van der Waals surface area contributed by atoms with Gasteiger partial charge in [0.15, 0.2) is 0 Å². The third kappa shape index (κ3) is 3.36. The Hall–Kier alpha value is -1.00. The fraction of sp³-hybridized carbons (Fsp3) is 0.562. The average molecular weight is 290 g/mol. The summed E-state index contributed by atoms with van der Waals surface area (Å²) in [7, 11) is 0. The fourth-order valence-electron chi connectivity index (χ4n) is 2.61. The predicted molar refractivity (Wildman–Crippen MR) is 83.8 cm³/mol. The molecule has 1 saturated carbocycles. The molecule has 3 rings (SSSR count). The van der Waals surface area contributed by atoms with Crippen molar-refractivity contribution in [1.82, 2.24) is 10.2 Å². The molecule has 1 aromatic rings. The Balaban J connectivity index is 1.60. The van der Waals surface area contributed by atoms with Crippen LogP contribution in [0.15, 0.2) is 30.3 Å². The van der Waals surface area contributed by atoms with Gasteiger partial charge in [-0.15, -0.1) is 0 Å². The van der Waals surface area contributed by atoms with E-state index in [0.717, 1.165) is 31.7 Å². The highest BCUT2D eigenvalue weighted by Gasteiger charge is 2.31. The van der Waals surface area contributed by atoms with Gasteiger partial charge in [-0.2, -0.15) is 11.8 Å². The van der Waals surface area contributed by atoms with E-state index in [2.05, 4.69) is 40.5 Å². The summed E-state index contributed by atoms with van der Waals surface area (Å²) in [5, 5.41) is 3.61. The highest BCUT2D eigenvalue weighted by molar-refractivity contribution is 7.99. The summed E-state index contributed by atoms with van der Waals surface area (Å²) >= 11 is 2.00. The zero-order valence-corrected chi connectivity index (χ0v) is 12.7. The van der Waals surface area contributed by atoms with Gasteiger partial charge in [0, 0.05) is 30.1 Å². The number of amides is 1. The minimum atomic E-state index is -0.0114. The van der Waals surface area contributed by atoms with Crippen molar-refractivity contribution in [2.24, 2.45) is 0 Å². The second-order valence-electron chi connectivity index (χ2n) is 5.72. The Labute approximate surface area is 125 Å². The largest absolute Gasteiger partial charge is 0.352 e. The maximum Gasteiger partial charge on any atom is 0.237 e. The molecule has 4 heteroatoms. The molecule has 2 aliphatic rings. The van der Waals surface area contributed by atoms with Crippen LogP contribution in [-0.4, -0.2) is 41.7 Å². The Kier molecular flexibility index (Phi) is 4.32. The molecular formula is C16H22N2OS. The molecule has 0 bridgehead atoms. The zero-order valence-electron chi connectivity index (χ0n) is 11.9. The average Bonchev–Trinajstić information content (AvgIpc) is 3.31. The van der Waals surface area contributed by atoms with Gasteiger partial charge in [-0.1, -0.05) is 30.3 Å². The normalized spacial score (nSPS) is 25.1. The number of rotatable bonds is 4. The van der Waals surface area contributed by atoms with Gasteiger partial charge >= 0.3 is 0 Å². The molecule has 3 nitrogen and oxygen atoms in total. The van der Waals surface area contributed by atoms with Crippen molar-refractivity contribution in [2.75, 3.05) is 18.8 Å². The second kappa shape index (κ2) is 6.19. The molecule has 1 aromatic carbocycles. The maximum absolute atomic E-state index is 12.2. The molecule has 1 amide bonds. The van der Waals surface area contributed by atoms with Crippen LogP contribution in [0, 0.1) is 0 Å². The molecule has 1 aliphatic heterocycles. The zero-order chi connectivity index (χ0) is 13.9. The Morgan fingerprint density at radius 2 is 2.10 bits per heavy atom. The topological polar surface area (TPSA) is 32.3 Å². The van der Waals surface area contributed by atoms with E-state index in [1.54, 1.807) is 0 Å². The van der Waals surface area contributed by atoms with E-state index in [9.17, 15) is 4.79 Å². The van der Waals surface area contributed by atoms with Crippen molar-refractivity contribution in [3.8, 4) is 0 Å². The first-order valence-electron chi connectivity index (χ1n) is 7.45. The highest BCUT2D eigenvalue weighted by atomic mass is 32.2. The third-order valence-corrected chi connectivity index (χ3v) is 5.36. The molecule has 2 fully saturated rings. The third-order valence-electron chi connectivity index (χ3n) is 4.12. The lowest BCUT2D eigenvalue weighted by molar-refractivity contribution is -0.126. The van der Waals surface area contributed by atoms with E-state index >= 15 is 0 Å². The summed E-state index contributed by atoms with van der Waals surface area (Å²) in [6.45, 7) is 4.01. The summed E-state index contributed by atoms with van der Waals surface area (Å²) in [6, 6.07) is 11.1. The number of hydrogen-bond donors (Lipinski definition) is 1. The van der Waals surface area contributed by atoms with E-state index in [0.29, 0.717) is 11.3 Å². The maximum atomic E-state index is 12.2. The molecular weight excluding hydrogens is 268 g/mol. The first-order valence-corrected chi connectivity index (χ1v) is 8.50. The van der Waals surface area contributed by atoms with E-state index in [-0.39, 0.29) is 11.9 Å². The standard InChI is InChI=1S/C16H22N2OS/c1-12(16(19)17-14-7-8-14)18-9-10-20-15(11-18)13-5-3-2-4-6-13/h2-6,12,14-15H,7-11H2,1H3,(H,17,19)/t12-,15+/m1/s1. The Bertz CT molecular complexity index is 461. The van der Waals surface area contributed by atoms with Crippen molar-refractivity contribution in [2.45, 2.75) is 37.1 Å². The lowest BCUT2D eigenvalue weighted by Crippen LogP contribution is -2.49. The minimum absolute atomic E-state index is 0.0114. The summed E-state index contributed by atoms with van der Waals surface area (Å²) in [4.78, 5) is 14.5. The van der Waals surface area contributed by atoms with Crippen molar-refractivity contribution in [3.05, 3.63) is 35.9 Å². The lowest BCUT2D eigenvalue weighted by atomic mass is 10.1. The van der Waals surface area contributed by atoms with Crippen LogP contribution in [-0.2, 0) is 4.79 Å². The molecule has 1 aliphatic carbocycles. The Morgan fingerprint density at radius 1 is 1.35 bits per heavy atom. The first kappa shape index (κ1) is 14.0. The smallest absolute Gasteiger partial charge is 0.237 e. The number of benzene rings is 1. The van der Waals surface area contributed by atoms with Crippen LogP contribution in [0.4, 0.5) is 0 Å². The van der Waals surface area contributed by atoms with E-state index in [1.807, 2.05) is 18.7 Å². The minimum Gasteiger partial charge on any atom is -0.352 e. The van der Waals surface area contributed by atoms with Crippen LogP contribution < -0.4 is 5.32 Å². The fourth-order valence-corrected chi connectivity index (χ4v) is 3.88. The molecule has 0 spiro atoms. The number of nitrogens with one attached hydrogen (secondary N) is 1. The predicted octanol–water partition coefficient (Wildman–Crippen LogP) is 2.44. The van der Waals surface area contributed by atoms with Gasteiger partial charge in [-0.25, -0.2) is 0 Å². The Morgan fingerprint density at radius 3 is 2.80 bits per heavy atom. The quantitative estimate of drug-likeness (QED) is 0.924. The summed E-state index contributed by atoms with van der Waals surface area (Å²) in [5.74, 6) is 1.30. The van der Waals surface area contributed by atoms with Crippen molar-refractivity contribution < 1.29 is 4.79 Å². The molecule has 0 unspecified atom stereocenters. The lowest BCUT2D eigenvalue weighted by Gasteiger charge is -2.36. The van der Waals surface area contributed by atoms with Crippen molar-refractivity contribution in [3.63, 3.8) is 0 Å². The molecule has 0 radical (unpaired) electrons.